The van der Waals surface area contributed by atoms with Crippen LogP contribution in [0.15, 0.2) is 30.3 Å². The lowest BCUT2D eigenvalue weighted by molar-refractivity contribution is -0.0924. The summed E-state index contributed by atoms with van der Waals surface area (Å²) >= 11 is 0. The molecule has 2 heterocycles. The number of benzene rings is 1. The minimum absolute atomic E-state index is 0.0718. The molecule has 4 nitrogen and oxygen atoms in total. The smallest absolute Gasteiger partial charge is 0.155 e. The maximum atomic E-state index is 12.3. The topological polar surface area (TPSA) is 52.6 Å². The number of rotatable bonds is 5. The van der Waals surface area contributed by atoms with Crippen LogP contribution in [-0.2, 0) is 25.9 Å². The van der Waals surface area contributed by atoms with Crippen LogP contribution in [0.3, 0.4) is 0 Å². The minimum atomic E-state index is -3.23. The van der Waals surface area contributed by atoms with E-state index in [1.54, 1.807) is 13.8 Å². The molecule has 1 aromatic carbocycles. The Hall–Kier alpha value is -0.910. The first-order valence-corrected chi connectivity index (χ1v) is 10.0. The molecule has 3 unspecified atom stereocenters. The lowest BCUT2D eigenvalue weighted by Gasteiger charge is -2.40. The monoisotopic (exact) mass is 338 g/mol. The Morgan fingerprint density at radius 2 is 1.91 bits per heavy atom. The number of sulfone groups is 1. The molecular formula is C18H26O4S. The van der Waals surface area contributed by atoms with E-state index < -0.39 is 25.8 Å². The lowest BCUT2D eigenvalue weighted by Crippen LogP contribution is -2.53. The van der Waals surface area contributed by atoms with Crippen LogP contribution in [0.2, 0.25) is 0 Å². The number of fused-ring (bicyclic) bond motifs is 2. The first-order chi connectivity index (χ1) is 10.6. The summed E-state index contributed by atoms with van der Waals surface area (Å²) in [5.41, 5.74) is 0.0863. The van der Waals surface area contributed by atoms with Gasteiger partial charge in [0.1, 0.15) is 0 Å². The molecule has 0 N–H and O–H groups in total. The molecule has 3 atom stereocenters. The van der Waals surface area contributed by atoms with Gasteiger partial charge in [0.05, 0.1) is 28.7 Å². The van der Waals surface area contributed by atoms with Crippen LogP contribution in [0, 0.1) is 0 Å². The molecule has 1 aromatic rings. The summed E-state index contributed by atoms with van der Waals surface area (Å²) < 4.78 is 36.1. The quantitative estimate of drug-likeness (QED) is 0.828. The van der Waals surface area contributed by atoms with Crippen molar-refractivity contribution in [1.82, 2.24) is 0 Å². The van der Waals surface area contributed by atoms with Crippen LogP contribution < -0.4 is 0 Å². The Kier molecular flexibility index (Phi) is 3.90. The number of ether oxygens (including phenoxy) is 2. The summed E-state index contributed by atoms with van der Waals surface area (Å²) in [6, 6.07) is 10.0. The first-order valence-electron chi connectivity index (χ1n) is 8.15. The molecule has 0 spiro atoms. The highest BCUT2D eigenvalue weighted by molar-refractivity contribution is 7.92. The second-order valence-electron chi connectivity index (χ2n) is 7.68. The Balaban J connectivity index is 1.79. The van der Waals surface area contributed by atoms with Crippen molar-refractivity contribution in [3.05, 3.63) is 35.9 Å². The number of hydrogen-bond donors (Lipinski definition) is 0. The lowest BCUT2D eigenvalue weighted by atomic mass is 9.75. The van der Waals surface area contributed by atoms with Crippen LogP contribution in [-0.4, -0.2) is 36.7 Å². The Bertz CT molecular complexity index is 682. The Labute approximate surface area is 139 Å². The molecule has 0 amide bonds. The van der Waals surface area contributed by atoms with E-state index in [2.05, 4.69) is 6.92 Å². The molecule has 0 aromatic heterocycles. The zero-order chi connectivity index (χ0) is 16.9. The van der Waals surface area contributed by atoms with Gasteiger partial charge < -0.3 is 9.47 Å². The molecule has 128 valence electrons. The normalized spacial score (nSPS) is 34.0. The van der Waals surface area contributed by atoms with Crippen molar-refractivity contribution < 1.29 is 17.9 Å². The van der Waals surface area contributed by atoms with E-state index in [1.807, 2.05) is 30.3 Å². The van der Waals surface area contributed by atoms with Crippen molar-refractivity contribution in [2.75, 3.05) is 6.26 Å². The summed E-state index contributed by atoms with van der Waals surface area (Å²) in [7, 11) is -3.23. The highest BCUT2D eigenvalue weighted by Crippen LogP contribution is 2.58. The van der Waals surface area contributed by atoms with Gasteiger partial charge in [0.25, 0.3) is 0 Å². The third-order valence-electron chi connectivity index (χ3n) is 5.97. The van der Waals surface area contributed by atoms with E-state index in [-0.39, 0.29) is 6.10 Å². The van der Waals surface area contributed by atoms with Gasteiger partial charge >= 0.3 is 0 Å². The van der Waals surface area contributed by atoms with Gasteiger partial charge in [-0.15, -0.1) is 0 Å². The highest BCUT2D eigenvalue weighted by Gasteiger charge is 2.67. The third-order valence-corrected chi connectivity index (χ3v) is 8.19. The van der Waals surface area contributed by atoms with E-state index in [9.17, 15) is 8.42 Å². The van der Waals surface area contributed by atoms with Gasteiger partial charge in [-0.2, -0.15) is 0 Å². The highest BCUT2D eigenvalue weighted by atomic mass is 32.2. The van der Waals surface area contributed by atoms with E-state index in [0.29, 0.717) is 13.0 Å². The van der Waals surface area contributed by atoms with Crippen LogP contribution in [0.4, 0.5) is 0 Å². The largest absolute Gasteiger partial charge is 0.370 e. The molecule has 2 bridgehead atoms. The van der Waals surface area contributed by atoms with Crippen LogP contribution in [0.1, 0.15) is 45.6 Å². The fourth-order valence-corrected chi connectivity index (χ4v) is 4.80. The first kappa shape index (κ1) is 16.9. The van der Waals surface area contributed by atoms with Crippen molar-refractivity contribution in [3.63, 3.8) is 0 Å². The molecule has 0 aliphatic carbocycles. The Morgan fingerprint density at radius 3 is 2.52 bits per heavy atom. The third kappa shape index (κ3) is 2.63. The van der Waals surface area contributed by atoms with Gasteiger partial charge in [-0.1, -0.05) is 30.3 Å². The SMILES string of the molecule is CC12CCC(C(C)(C)S(C)(=O)=O)(CC1OCc1ccccc1)O2. The van der Waals surface area contributed by atoms with Gasteiger partial charge in [0, 0.05) is 12.7 Å². The van der Waals surface area contributed by atoms with Crippen molar-refractivity contribution in [3.8, 4) is 0 Å². The molecule has 0 radical (unpaired) electrons. The van der Waals surface area contributed by atoms with E-state index >= 15 is 0 Å². The van der Waals surface area contributed by atoms with Gasteiger partial charge in [-0.05, 0) is 39.2 Å². The van der Waals surface area contributed by atoms with Crippen molar-refractivity contribution in [2.24, 2.45) is 0 Å². The molecule has 3 rings (SSSR count). The summed E-state index contributed by atoms with van der Waals surface area (Å²) in [4.78, 5) is 0. The molecule has 2 saturated heterocycles. The minimum Gasteiger partial charge on any atom is -0.370 e. The van der Waals surface area contributed by atoms with Crippen LogP contribution >= 0.6 is 0 Å². The number of hydrogen-bond acceptors (Lipinski definition) is 4. The molecule has 2 aliphatic rings. The summed E-state index contributed by atoms with van der Waals surface area (Å²) in [6.45, 7) is 6.15. The predicted molar refractivity (Wildman–Crippen MR) is 90.0 cm³/mol. The zero-order valence-corrected chi connectivity index (χ0v) is 15.2. The average molecular weight is 338 g/mol. The van der Waals surface area contributed by atoms with Crippen molar-refractivity contribution in [1.29, 1.82) is 0 Å². The maximum absolute atomic E-state index is 12.3. The molecule has 2 aliphatic heterocycles. The average Bonchev–Trinajstić information content (AvgIpc) is 2.97. The fourth-order valence-electron chi connectivity index (χ4n) is 3.90. The summed E-state index contributed by atoms with van der Waals surface area (Å²) in [6.07, 6.45) is 3.48. The van der Waals surface area contributed by atoms with Crippen molar-refractivity contribution in [2.45, 2.75) is 68.7 Å². The zero-order valence-electron chi connectivity index (χ0n) is 14.3. The second-order valence-corrected chi connectivity index (χ2v) is 10.2. The van der Waals surface area contributed by atoms with E-state index in [0.717, 1.165) is 18.4 Å². The van der Waals surface area contributed by atoms with Gasteiger partial charge in [0.15, 0.2) is 9.84 Å². The van der Waals surface area contributed by atoms with E-state index in [1.165, 1.54) is 6.26 Å². The summed E-state index contributed by atoms with van der Waals surface area (Å²) in [5.74, 6) is 0. The van der Waals surface area contributed by atoms with Crippen LogP contribution in [0.25, 0.3) is 0 Å². The molecule has 5 heteroatoms. The van der Waals surface area contributed by atoms with Crippen molar-refractivity contribution >= 4 is 9.84 Å². The standard InChI is InChI=1S/C18H26O4S/c1-16(2,23(4,19)20)18-11-10-17(3,22-18)15(12-18)21-13-14-8-6-5-7-9-14/h5-9,15H,10-13H2,1-4H3. The summed E-state index contributed by atoms with van der Waals surface area (Å²) in [5, 5.41) is 0. The van der Waals surface area contributed by atoms with Gasteiger partial charge in [-0.25, -0.2) is 8.42 Å². The van der Waals surface area contributed by atoms with Gasteiger partial charge in [0.2, 0.25) is 0 Å². The van der Waals surface area contributed by atoms with Crippen LogP contribution in [0.5, 0.6) is 0 Å². The van der Waals surface area contributed by atoms with Gasteiger partial charge in [-0.3, -0.25) is 0 Å². The second kappa shape index (κ2) is 5.30. The maximum Gasteiger partial charge on any atom is 0.155 e. The van der Waals surface area contributed by atoms with E-state index in [4.69, 9.17) is 9.47 Å². The molecule has 0 saturated carbocycles. The molecule has 23 heavy (non-hydrogen) atoms. The fraction of sp³-hybridized carbons (Fsp3) is 0.667. The predicted octanol–water partition coefficient (Wildman–Crippen LogP) is 3.11. The Morgan fingerprint density at radius 1 is 1.26 bits per heavy atom. The molecular weight excluding hydrogens is 312 g/mol. The molecule has 2 fully saturated rings.